The molecule has 6 N–H and O–H groups in total. The van der Waals surface area contributed by atoms with Crippen LogP contribution in [0.2, 0.25) is 0 Å². The lowest BCUT2D eigenvalue weighted by Gasteiger charge is -2.41. The molecule has 1 aromatic rings. The molecule has 1 aromatic carbocycles. The maximum atomic E-state index is 13.1. The second-order valence-corrected chi connectivity index (χ2v) is 8.01. The minimum Gasteiger partial charge on any atom is -0.511 e. The molecule has 0 spiro atoms. The summed E-state index contributed by atoms with van der Waals surface area (Å²) in [7, 11) is 3.75. The Morgan fingerprint density at radius 3 is 2.25 bits per heavy atom. The van der Waals surface area contributed by atoms with E-state index in [1.807, 2.05) is 34.9 Å². The van der Waals surface area contributed by atoms with Crippen molar-refractivity contribution < 1.29 is 29.7 Å². The van der Waals surface area contributed by atoms with Gasteiger partial charge in [-0.1, -0.05) is 19.9 Å². The summed E-state index contributed by atoms with van der Waals surface area (Å²) in [6, 6.07) is 3.21. The van der Waals surface area contributed by atoms with E-state index in [1.165, 1.54) is 6.07 Å². The number of rotatable bonds is 1. The molecule has 0 aliphatic heterocycles. The summed E-state index contributed by atoms with van der Waals surface area (Å²) in [4.78, 5) is 36.9. The molecule has 174 valence electrons. The molecule has 1 fully saturated rings. The van der Waals surface area contributed by atoms with E-state index in [4.69, 9.17) is 5.73 Å². The number of benzene rings is 1. The number of amides is 1. The molecule has 0 heterocycles. The van der Waals surface area contributed by atoms with Gasteiger partial charge in [0.25, 0.3) is 5.91 Å². The fraction of sp³-hybridized carbons (Fsp3) is 0.458. The second kappa shape index (κ2) is 9.99. The van der Waals surface area contributed by atoms with E-state index in [9.17, 15) is 29.7 Å². The van der Waals surface area contributed by atoms with Crippen LogP contribution in [0.15, 0.2) is 29.0 Å². The summed E-state index contributed by atoms with van der Waals surface area (Å²) in [6.07, 6.45) is 0.812. The highest BCUT2D eigenvalue weighted by atomic mass is 16.3. The quantitative estimate of drug-likeness (QED) is 0.418. The molecule has 3 aliphatic carbocycles. The number of aryl methyl sites for hydroxylation is 1. The van der Waals surface area contributed by atoms with Gasteiger partial charge in [0.05, 0.1) is 11.5 Å². The lowest BCUT2D eigenvalue weighted by molar-refractivity contribution is -0.127. The number of phenols is 1. The molecule has 3 unspecified atom stereocenters. The normalized spacial score (nSPS) is 23.7. The molecule has 1 saturated carbocycles. The van der Waals surface area contributed by atoms with Crippen LogP contribution in [0.1, 0.15) is 43.4 Å². The SMILES string of the molecule is CC.CNC.Cc1ccc(O)c2c1CC1CC3CC(=O)C(C(N)=O)=C(O)C3C(=O)C1=C2O. The zero-order valence-corrected chi connectivity index (χ0v) is 19.2. The Morgan fingerprint density at radius 1 is 1.09 bits per heavy atom. The van der Waals surface area contributed by atoms with Gasteiger partial charge < -0.3 is 26.4 Å². The van der Waals surface area contributed by atoms with Crippen molar-refractivity contribution in [1.29, 1.82) is 0 Å². The van der Waals surface area contributed by atoms with Crippen molar-refractivity contribution in [2.45, 2.75) is 40.0 Å². The van der Waals surface area contributed by atoms with Crippen LogP contribution in [0.4, 0.5) is 0 Å². The van der Waals surface area contributed by atoms with Crippen molar-refractivity contribution >= 4 is 23.2 Å². The molecule has 0 saturated heterocycles. The van der Waals surface area contributed by atoms with Crippen molar-refractivity contribution in [3.63, 3.8) is 0 Å². The molecule has 0 radical (unpaired) electrons. The summed E-state index contributed by atoms with van der Waals surface area (Å²) < 4.78 is 0. The Morgan fingerprint density at radius 2 is 1.69 bits per heavy atom. The van der Waals surface area contributed by atoms with Gasteiger partial charge >= 0.3 is 0 Å². The first-order chi connectivity index (χ1) is 15.1. The number of nitrogens with one attached hydrogen (secondary N) is 1. The van der Waals surface area contributed by atoms with Crippen LogP contribution in [0.5, 0.6) is 5.75 Å². The molecule has 3 atom stereocenters. The first-order valence-electron chi connectivity index (χ1n) is 10.8. The van der Waals surface area contributed by atoms with Crippen LogP contribution in [-0.2, 0) is 20.8 Å². The van der Waals surface area contributed by atoms with Gasteiger partial charge in [-0.3, -0.25) is 14.4 Å². The predicted molar refractivity (Wildman–Crippen MR) is 121 cm³/mol. The highest BCUT2D eigenvalue weighted by molar-refractivity contribution is 6.21. The highest BCUT2D eigenvalue weighted by Crippen LogP contribution is 2.50. The molecule has 3 aliphatic rings. The highest BCUT2D eigenvalue weighted by Gasteiger charge is 2.50. The molecule has 0 aromatic heterocycles. The van der Waals surface area contributed by atoms with Crippen LogP contribution >= 0.6 is 0 Å². The van der Waals surface area contributed by atoms with Crippen LogP contribution in [0, 0.1) is 24.7 Å². The number of hydrogen-bond acceptors (Lipinski definition) is 7. The minimum absolute atomic E-state index is 0.0465. The smallest absolute Gasteiger partial charge is 0.255 e. The Balaban J connectivity index is 0.000000671. The molecule has 8 heteroatoms. The Kier molecular flexibility index (Phi) is 7.85. The zero-order chi connectivity index (χ0) is 24.3. The third kappa shape index (κ3) is 4.14. The summed E-state index contributed by atoms with van der Waals surface area (Å²) in [5.74, 6) is -5.01. The van der Waals surface area contributed by atoms with E-state index in [0.29, 0.717) is 12.8 Å². The number of aliphatic hydroxyl groups excluding tert-OH is 2. The van der Waals surface area contributed by atoms with Gasteiger partial charge in [-0.15, -0.1) is 0 Å². The monoisotopic (exact) mass is 444 g/mol. The number of Topliss-reactive ketones (excluding diaryl/α,β-unsaturated/α-hetero) is 2. The molecule has 8 nitrogen and oxygen atoms in total. The van der Waals surface area contributed by atoms with E-state index in [1.54, 1.807) is 6.07 Å². The van der Waals surface area contributed by atoms with Gasteiger partial charge in [0.15, 0.2) is 11.6 Å². The lowest BCUT2D eigenvalue weighted by Crippen LogP contribution is -2.44. The number of aliphatic hydroxyl groups is 2. The van der Waals surface area contributed by atoms with Gasteiger partial charge in [-0.25, -0.2) is 0 Å². The van der Waals surface area contributed by atoms with E-state index in [0.717, 1.165) is 11.1 Å². The van der Waals surface area contributed by atoms with Gasteiger partial charge in [-0.05, 0) is 62.9 Å². The van der Waals surface area contributed by atoms with Crippen molar-refractivity contribution in [2.24, 2.45) is 23.5 Å². The molecular formula is C24H32N2O6. The maximum absolute atomic E-state index is 13.1. The number of allylic oxidation sites excluding steroid dienone is 2. The molecule has 0 bridgehead atoms. The van der Waals surface area contributed by atoms with Gasteiger partial charge in [0.2, 0.25) is 0 Å². The van der Waals surface area contributed by atoms with Crippen LogP contribution in [-0.4, -0.2) is 46.9 Å². The summed E-state index contributed by atoms with van der Waals surface area (Å²) in [5, 5.41) is 34.1. The van der Waals surface area contributed by atoms with E-state index >= 15 is 0 Å². The lowest BCUT2D eigenvalue weighted by atomic mass is 9.61. The first-order valence-corrected chi connectivity index (χ1v) is 10.8. The first kappa shape index (κ1) is 25.1. The average Bonchev–Trinajstić information content (AvgIpc) is 2.72. The van der Waals surface area contributed by atoms with E-state index in [2.05, 4.69) is 5.32 Å². The van der Waals surface area contributed by atoms with Crippen molar-refractivity contribution in [3.8, 4) is 5.75 Å². The third-order valence-electron chi connectivity index (χ3n) is 6.01. The Hall–Kier alpha value is -3.13. The molecular weight excluding hydrogens is 412 g/mol. The van der Waals surface area contributed by atoms with E-state index < -0.39 is 40.6 Å². The number of phenolic OH excluding ortho intramolecular Hbond substituents is 1. The van der Waals surface area contributed by atoms with Crippen LogP contribution < -0.4 is 11.1 Å². The van der Waals surface area contributed by atoms with Crippen LogP contribution in [0.25, 0.3) is 5.76 Å². The van der Waals surface area contributed by atoms with Gasteiger partial charge in [0.1, 0.15) is 22.8 Å². The Labute approximate surface area is 187 Å². The number of hydrogen-bond donors (Lipinski definition) is 5. The molecule has 32 heavy (non-hydrogen) atoms. The topological polar surface area (TPSA) is 150 Å². The third-order valence-corrected chi connectivity index (χ3v) is 6.01. The number of aromatic hydroxyl groups is 1. The Bertz CT molecular complexity index is 1010. The fourth-order valence-corrected chi connectivity index (χ4v) is 4.80. The number of carbonyl (C=O) groups excluding carboxylic acids is 3. The minimum atomic E-state index is -1.08. The number of primary amides is 1. The standard InChI is InChI=1S/C20H19NO6.C2H7N.C2H6/c1-7-2-3-11(22)15-10(7)5-8-4-9-6-12(23)16(20(21)27)19(26)14(9)17(24)13(8)18(15)25;1-3-2;1-2/h2-3,8-9,14,22,25-26H,4-6H2,1H3,(H2,21,27);3H,1-2H3;1-2H3. The van der Waals surface area contributed by atoms with Gasteiger partial charge in [-0.2, -0.15) is 0 Å². The van der Waals surface area contributed by atoms with E-state index in [-0.39, 0.29) is 35.0 Å². The van der Waals surface area contributed by atoms with Crippen LogP contribution in [0.3, 0.4) is 0 Å². The number of nitrogens with two attached hydrogens (primary N) is 1. The summed E-state index contributed by atoms with van der Waals surface area (Å²) in [6.45, 7) is 5.86. The van der Waals surface area contributed by atoms with Crippen molar-refractivity contribution in [2.75, 3.05) is 14.1 Å². The van der Waals surface area contributed by atoms with Gasteiger partial charge in [0, 0.05) is 12.0 Å². The summed E-state index contributed by atoms with van der Waals surface area (Å²) >= 11 is 0. The predicted octanol–water partition coefficient (Wildman–Crippen LogP) is 2.48. The average molecular weight is 445 g/mol. The largest absolute Gasteiger partial charge is 0.511 e. The number of carbonyl (C=O) groups is 3. The fourth-order valence-electron chi connectivity index (χ4n) is 4.80. The molecule has 4 rings (SSSR count). The summed E-state index contributed by atoms with van der Waals surface area (Å²) in [5.41, 5.74) is 6.69. The van der Waals surface area contributed by atoms with Crippen molar-refractivity contribution in [3.05, 3.63) is 45.7 Å². The number of fused-ring (bicyclic) bond motifs is 3. The molecule has 1 amide bonds. The zero-order valence-electron chi connectivity index (χ0n) is 19.2. The maximum Gasteiger partial charge on any atom is 0.255 e. The van der Waals surface area contributed by atoms with Crippen molar-refractivity contribution in [1.82, 2.24) is 5.32 Å². The second-order valence-electron chi connectivity index (χ2n) is 8.01. The number of ketones is 2.